The zero-order valence-corrected chi connectivity index (χ0v) is 12.8. The first kappa shape index (κ1) is 15.5. The zero-order chi connectivity index (χ0) is 13.7. The molecule has 0 saturated carbocycles. The van der Waals surface area contributed by atoms with E-state index >= 15 is 0 Å². The molecule has 0 aromatic heterocycles. The Hall–Kier alpha value is -0.570. The van der Waals surface area contributed by atoms with Gasteiger partial charge in [0.05, 0.1) is 0 Å². The highest BCUT2D eigenvalue weighted by Crippen LogP contribution is 2.27. The number of nitrogens with zero attached hydrogens (tertiary/aromatic N) is 2. The molecule has 2 aliphatic rings. The maximum absolute atomic E-state index is 12.2. The van der Waals surface area contributed by atoms with Gasteiger partial charge in [-0.25, -0.2) is 0 Å². The molecule has 106 valence electrons. The van der Waals surface area contributed by atoms with Gasteiger partial charge in [0, 0.05) is 19.0 Å². The van der Waals surface area contributed by atoms with Crippen LogP contribution in [0.1, 0.15) is 40.5 Å². The molecule has 2 aliphatic heterocycles. The van der Waals surface area contributed by atoms with Crippen molar-refractivity contribution in [1.29, 1.82) is 0 Å². The second-order valence-corrected chi connectivity index (χ2v) is 5.82. The average Bonchev–Trinajstić information content (AvgIpc) is 2.30. The third-order valence-corrected chi connectivity index (χ3v) is 4.23. The maximum Gasteiger partial charge on any atom is 0.225 e. The van der Waals surface area contributed by atoms with Gasteiger partial charge in [-0.1, -0.05) is 27.7 Å². The van der Waals surface area contributed by atoms with Crippen molar-refractivity contribution in [3.63, 3.8) is 0 Å². The lowest BCUT2D eigenvalue weighted by Gasteiger charge is -2.44. The minimum Gasteiger partial charge on any atom is -0.342 e. The highest BCUT2D eigenvalue weighted by atomic mass is 16.2. The molecule has 0 aromatic carbocycles. The molecule has 1 amide bonds. The third kappa shape index (κ3) is 3.71. The summed E-state index contributed by atoms with van der Waals surface area (Å²) in [5, 5.41) is 0. The maximum atomic E-state index is 12.2. The molecule has 0 N–H and O–H groups in total. The minimum atomic E-state index is 0.310. The van der Waals surface area contributed by atoms with Crippen molar-refractivity contribution in [3.8, 4) is 0 Å². The lowest BCUT2D eigenvalue weighted by atomic mass is 9.86. The number of hydrogen-bond acceptors (Lipinski definition) is 2. The second kappa shape index (κ2) is 7.13. The molecule has 0 radical (unpaired) electrons. The van der Waals surface area contributed by atoms with Crippen molar-refractivity contribution in [2.24, 2.45) is 17.8 Å². The predicted octanol–water partition coefficient (Wildman–Crippen LogP) is 2.47. The first-order valence-corrected chi connectivity index (χ1v) is 7.55. The normalized spacial score (nSPS) is 22.4. The molecule has 2 saturated heterocycles. The number of amides is 1. The molecule has 3 heteroatoms. The van der Waals surface area contributed by atoms with E-state index in [1.54, 1.807) is 0 Å². The van der Waals surface area contributed by atoms with Gasteiger partial charge in [0.25, 0.3) is 0 Å². The average molecular weight is 254 g/mol. The summed E-state index contributed by atoms with van der Waals surface area (Å²) in [4.78, 5) is 16.5. The summed E-state index contributed by atoms with van der Waals surface area (Å²) in [6.45, 7) is 12.7. The van der Waals surface area contributed by atoms with Gasteiger partial charge in [-0.3, -0.25) is 4.79 Å². The smallest absolute Gasteiger partial charge is 0.225 e. The molecule has 0 bridgehead atoms. The van der Waals surface area contributed by atoms with Gasteiger partial charge >= 0.3 is 0 Å². The molecular formula is C15H30N2O. The monoisotopic (exact) mass is 254 g/mol. The highest BCUT2D eigenvalue weighted by Gasteiger charge is 2.36. The summed E-state index contributed by atoms with van der Waals surface area (Å²) in [5.74, 6) is 2.20. The van der Waals surface area contributed by atoms with Crippen LogP contribution >= 0.6 is 0 Å². The van der Waals surface area contributed by atoms with Crippen LogP contribution in [0.15, 0.2) is 0 Å². The molecule has 0 atom stereocenters. The molecule has 0 unspecified atom stereocenters. The molecule has 2 fully saturated rings. The first-order chi connectivity index (χ1) is 8.58. The van der Waals surface area contributed by atoms with E-state index in [4.69, 9.17) is 0 Å². The van der Waals surface area contributed by atoms with E-state index in [2.05, 4.69) is 30.7 Å². The van der Waals surface area contributed by atoms with Gasteiger partial charge in [0.15, 0.2) is 0 Å². The Morgan fingerprint density at radius 1 is 1.11 bits per heavy atom. The van der Waals surface area contributed by atoms with Crippen molar-refractivity contribution < 1.29 is 4.79 Å². The van der Waals surface area contributed by atoms with Crippen molar-refractivity contribution in [3.05, 3.63) is 0 Å². The van der Waals surface area contributed by atoms with E-state index in [0.29, 0.717) is 11.8 Å². The number of rotatable bonds is 2. The number of carbonyl (C=O) groups excluding carboxylic acids is 1. The summed E-state index contributed by atoms with van der Waals surface area (Å²) in [5.41, 5.74) is 0. The number of hydrogen-bond donors (Lipinski definition) is 0. The lowest BCUT2D eigenvalue weighted by Crippen LogP contribution is -2.54. The van der Waals surface area contributed by atoms with E-state index in [1.165, 1.54) is 0 Å². The molecular weight excluding hydrogens is 224 g/mol. The number of carbonyl (C=O) groups is 1. The van der Waals surface area contributed by atoms with Gasteiger partial charge in [0.2, 0.25) is 5.91 Å². The van der Waals surface area contributed by atoms with Gasteiger partial charge in [0.1, 0.15) is 0 Å². The lowest BCUT2D eigenvalue weighted by molar-refractivity contribution is -0.144. The van der Waals surface area contributed by atoms with Crippen LogP contribution < -0.4 is 0 Å². The fraction of sp³-hybridized carbons (Fsp3) is 0.933. The predicted molar refractivity (Wildman–Crippen MR) is 76.5 cm³/mol. The van der Waals surface area contributed by atoms with Crippen molar-refractivity contribution >= 4 is 5.91 Å². The molecule has 0 aliphatic carbocycles. The second-order valence-electron chi connectivity index (χ2n) is 5.82. The van der Waals surface area contributed by atoms with E-state index < -0.39 is 0 Å². The van der Waals surface area contributed by atoms with Gasteiger partial charge in [-0.05, 0) is 44.8 Å². The van der Waals surface area contributed by atoms with Crippen LogP contribution in [0.3, 0.4) is 0 Å². The summed E-state index contributed by atoms with van der Waals surface area (Å²) < 4.78 is 0. The Balaban J connectivity index is 0.000000771. The summed E-state index contributed by atoms with van der Waals surface area (Å²) in [6.07, 6.45) is 2.11. The Kier molecular flexibility index (Phi) is 6.13. The van der Waals surface area contributed by atoms with Crippen molar-refractivity contribution in [2.75, 3.05) is 33.2 Å². The first-order valence-electron chi connectivity index (χ1n) is 7.55. The third-order valence-electron chi connectivity index (χ3n) is 4.23. The Labute approximate surface area is 113 Å². The van der Waals surface area contributed by atoms with Crippen LogP contribution in [0.4, 0.5) is 0 Å². The van der Waals surface area contributed by atoms with E-state index in [0.717, 1.165) is 50.9 Å². The number of piperidine rings is 1. The molecule has 0 spiro atoms. The molecule has 3 nitrogen and oxygen atoms in total. The molecule has 2 rings (SSSR count). The fourth-order valence-electron chi connectivity index (χ4n) is 2.63. The van der Waals surface area contributed by atoms with Crippen LogP contribution in [0, 0.1) is 17.8 Å². The quantitative estimate of drug-likeness (QED) is 0.756. The topological polar surface area (TPSA) is 23.6 Å². The standard InChI is InChI=1S/C13H24N2O.C2H6/c1-10(2)12-8-15(9-12)13(16)11-4-6-14(3)7-5-11;1-2/h10-12H,4-9H2,1-3H3;1-2H3. The highest BCUT2D eigenvalue weighted by molar-refractivity contribution is 5.79. The molecule has 2 heterocycles. The minimum absolute atomic E-state index is 0.310. The summed E-state index contributed by atoms with van der Waals surface area (Å²) >= 11 is 0. The van der Waals surface area contributed by atoms with Crippen molar-refractivity contribution in [1.82, 2.24) is 9.80 Å². The van der Waals surface area contributed by atoms with Crippen LogP contribution in [-0.2, 0) is 4.79 Å². The van der Waals surface area contributed by atoms with Gasteiger partial charge in [-0.15, -0.1) is 0 Å². The van der Waals surface area contributed by atoms with Crippen LogP contribution in [0.2, 0.25) is 0 Å². The largest absolute Gasteiger partial charge is 0.342 e. The zero-order valence-electron chi connectivity index (χ0n) is 12.8. The van der Waals surface area contributed by atoms with Crippen LogP contribution in [0.5, 0.6) is 0 Å². The van der Waals surface area contributed by atoms with Crippen LogP contribution in [0.25, 0.3) is 0 Å². The fourth-order valence-corrected chi connectivity index (χ4v) is 2.63. The Morgan fingerprint density at radius 3 is 2.06 bits per heavy atom. The van der Waals surface area contributed by atoms with Gasteiger partial charge in [-0.2, -0.15) is 0 Å². The molecule has 18 heavy (non-hydrogen) atoms. The van der Waals surface area contributed by atoms with E-state index in [1.807, 2.05) is 13.8 Å². The summed E-state index contributed by atoms with van der Waals surface area (Å²) in [7, 11) is 2.14. The number of likely N-dealkylation sites (tertiary alicyclic amines) is 2. The Bertz CT molecular complexity index is 251. The van der Waals surface area contributed by atoms with E-state index in [-0.39, 0.29) is 0 Å². The van der Waals surface area contributed by atoms with Crippen molar-refractivity contribution in [2.45, 2.75) is 40.5 Å². The van der Waals surface area contributed by atoms with Gasteiger partial charge < -0.3 is 9.80 Å². The molecule has 0 aromatic rings. The van der Waals surface area contributed by atoms with E-state index in [9.17, 15) is 4.79 Å². The SMILES string of the molecule is CC.CC(C)C1CN(C(=O)C2CCN(C)CC2)C1. The van der Waals surface area contributed by atoms with Crippen LogP contribution in [-0.4, -0.2) is 48.9 Å². The Morgan fingerprint density at radius 2 is 1.61 bits per heavy atom. The summed E-state index contributed by atoms with van der Waals surface area (Å²) in [6, 6.07) is 0.